The summed E-state index contributed by atoms with van der Waals surface area (Å²) in [7, 11) is 0. The third kappa shape index (κ3) is 1.56. The van der Waals surface area contributed by atoms with E-state index in [2.05, 4.69) is 6.92 Å². The number of unbranched alkanes of at least 4 members (excludes halogenated alkanes) is 1. The maximum Gasteiger partial charge on any atom is 0.234 e. The highest BCUT2D eigenvalue weighted by Crippen LogP contribution is 2.40. The van der Waals surface area contributed by atoms with Gasteiger partial charge in [0, 0.05) is 6.54 Å². The van der Waals surface area contributed by atoms with Gasteiger partial charge in [0.2, 0.25) is 5.91 Å². The number of fused-ring (bicyclic) bond motifs is 1. The van der Waals surface area contributed by atoms with Crippen molar-refractivity contribution >= 4 is 17.3 Å². The van der Waals surface area contributed by atoms with Crippen molar-refractivity contribution in [2.45, 2.75) is 32.6 Å². The van der Waals surface area contributed by atoms with Crippen molar-refractivity contribution in [2.24, 2.45) is 0 Å². The van der Waals surface area contributed by atoms with E-state index >= 15 is 0 Å². The Morgan fingerprint density at radius 2 is 2.19 bits per heavy atom. The molecule has 1 heterocycles. The Bertz CT molecular complexity index is 414. The van der Waals surface area contributed by atoms with Crippen molar-refractivity contribution in [3.05, 3.63) is 23.8 Å². The predicted octanol–water partition coefficient (Wildman–Crippen LogP) is 2.52. The van der Waals surface area contributed by atoms with Crippen LogP contribution in [0, 0.1) is 0 Å². The Morgan fingerprint density at radius 3 is 2.88 bits per heavy atom. The molecule has 1 aliphatic rings. The van der Waals surface area contributed by atoms with Gasteiger partial charge in [-0.2, -0.15) is 0 Å². The summed E-state index contributed by atoms with van der Waals surface area (Å²) in [6.07, 6.45) is 2.10. The molecule has 0 radical (unpaired) electrons. The second-order valence-electron chi connectivity index (χ2n) is 4.35. The van der Waals surface area contributed by atoms with Crippen molar-refractivity contribution < 1.29 is 4.79 Å². The highest BCUT2D eigenvalue weighted by Gasteiger charge is 2.34. The smallest absolute Gasteiger partial charge is 0.234 e. The molecule has 0 spiro atoms. The van der Waals surface area contributed by atoms with Crippen LogP contribution in [0.1, 0.15) is 38.2 Å². The minimum Gasteiger partial charge on any atom is -0.397 e. The predicted molar refractivity (Wildman–Crippen MR) is 66.5 cm³/mol. The summed E-state index contributed by atoms with van der Waals surface area (Å²) in [5.41, 5.74) is 8.69. The van der Waals surface area contributed by atoms with Gasteiger partial charge in [0.1, 0.15) is 0 Å². The Balaban J connectivity index is 2.39. The minimum absolute atomic E-state index is 0.0460. The molecule has 1 amide bonds. The van der Waals surface area contributed by atoms with E-state index in [4.69, 9.17) is 5.73 Å². The largest absolute Gasteiger partial charge is 0.397 e. The lowest BCUT2D eigenvalue weighted by atomic mass is 10.0. The number of anilines is 2. The van der Waals surface area contributed by atoms with Crippen LogP contribution >= 0.6 is 0 Å². The van der Waals surface area contributed by atoms with Crippen LogP contribution in [0.4, 0.5) is 11.4 Å². The fourth-order valence-electron chi connectivity index (χ4n) is 2.26. The standard InChI is InChI=1S/C13H18N2O/c1-3-4-8-15-12-10(9(2)13(15)16)6-5-7-11(12)14/h5-7,9H,3-4,8,14H2,1-2H3. The highest BCUT2D eigenvalue weighted by molar-refractivity contribution is 6.07. The molecule has 1 unspecified atom stereocenters. The molecule has 3 nitrogen and oxygen atoms in total. The number of para-hydroxylation sites is 1. The van der Waals surface area contributed by atoms with Gasteiger partial charge in [0.05, 0.1) is 17.3 Å². The molecule has 1 aliphatic heterocycles. The van der Waals surface area contributed by atoms with E-state index in [1.165, 1.54) is 0 Å². The van der Waals surface area contributed by atoms with Gasteiger partial charge in [-0.05, 0) is 25.0 Å². The molecule has 2 N–H and O–H groups in total. The highest BCUT2D eigenvalue weighted by atomic mass is 16.2. The zero-order valence-corrected chi connectivity index (χ0v) is 9.86. The summed E-state index contributed by atoms with van der Waals surface area (Å²) >= 11 is 0. The molecule has 0 saturated heterocycles. The molecule has 0 fully saturated rings. The first-order chi connectivity index (χ1) is 7.66. The quantitative estimate of drug-likeness (QED) is 0.792. The summed E-state index contributed by atoms with van der Waals surface area (Å²) in [6, 6.07) is 5.78. The van der Waals surface area contributed by atoms with E-state index in [9.17, 15) is 4.79 Å². The van der Waals surface area contributed by atoms with Gasteiger partial charge in [-0.15, -0.1) is 0 Å². The van der Waals surface area contributed by atoms with Gasteiger partial charge >= 0.3 is 0 Å². The van der Waals surface area contributed by atoms with Gasteiger partial charge in [-0.1, -0.05) is 25.5 Å². The van der Waals surface area contributed by atoms with E-state index in [-0.39, 0.29) is 11.8 Å². The average Bonchev–Trinajstić information content (AvgIpc) is 2.52. The van der Waals surface area contributed by atoms with E-state index in [1.807, 2.05) is 30.0 Å². The second kappa shape index (κ2) is 4.16. The van der Waals surface area contributed by atoms with Gasteiger partial charge in [0.25, 0.3) is 0 Å². The monoisotopic (exact) mass is 218 g/mol. The second-order valence-corrected chi connectivity index (χ2v) is 4.35. The molecule has 0 aliphatic carbocycles. The molecule has 1 atom stereocenters. The summed E-state index contributed by atoms with van der Waals surface area (Å²) in [4.78, 5) is 13.9. The summed E-state index contributed by atoms with van der Waals surface area (Å²) in [5.74, 6) is 0.136. The fraction of sp³-hybridized carbons (Fsp3) is 0.462. The normalized spacial score (nSPS) is 19.0. The molecule has 2 rings (SSSR count). The number of hydrogen-bond acceptors (Lipinski definition) is 2. The SMILES string of the molecule is CCCCN1C(=O)C(C)c2cccc(N)c21. The maximum absolute atomic E-state index is 12.1. The maximum atomic E-state index is 12.1. The lowest BCUT2D eigenvalue weighted by Gasteiger charge is -2.18. The van der Waals surface area contributed by atoms with Crippen LogP contribution in [0.3, 0.4) is 0 Å². The lowest BCUT2D eigenvalue weighted by Crippen LogP contribution is -2.29. The van der Waals surface area contributed by atoms with Crippen molar-refractivity contribution in [2.75, 3.05) is 17.2 Å². The van der Waals surface area contributed by atoms with E-state index in [0.29, 0.717) is 5.69 Å². The number of carbonyl (C=O) groups is 1. The fourth-order valence-corrected chi connectivity index (χ4v) is 2.26. The average molecular weight is 218 g/mol. The first-order valence-corrected chi connectivity index (χ1v) is 5.86. The van der Waals surface area contributed by atoms with Gasteiger partial charge in [0.15, 0.2) is 0 Å². The van der Waals surface area contributed by atoms with Crippen LogP contribution < -0.4 is 10.6 Å². The van der Waals surface area contributed by atoms with Crippen LogP contribution in [0.25, 0.3) is 0 Å². The Labute approximate surface area is 96.2 Å². The zero-order valence-electron chi connectivity index (χ0n) is 9.86. The Morgan fingerprint density at radius 1 is 1.44 bits per heavy atom. The summed E-state index contributed by atoms with van der Waals surface area (Å²) in [5, 5.41) is 0. The number of carbonyl (C=O) groups excluding carboxylic acids is 1. The molecule has 86 valence electrons. The number of nitrogens with zero attached hydrogens (tertiary/aromatic N) is 1. The molecule has 1 aromatic rings. The summed E-state index contributed by atoms with van der Waals surface area (Å²) < 4.78 is 0. The third-order valence-electron chi connectivity index (χ3n) is 3.21. The van der Waals surface area contributed by atoms with Gasteiger partial charge in [-0.3, -0.25) is 4.79 Å². The number of nitrogens with two attached hydrogens (primary N) is 1. The zero-order chi connectivity index (χ0) is 11.7. The van der Waals surface area contributed by atoms with Crippen molar-refractivity contribution in [1.82, 2.24) is 0 Å². The summed E-state index contributed by atoms with van der Waals surface area (Å²) in [6.45, 7) is 4.85. The van der Waals surface area contributed by atoms with Crippen molar-refractivity contribution in [3.8, 4) is 0 Å². The molecule has 1 aromatic carbocycles. The third-order valence-corrected chi connectivity index (χ3v) is 3.21. The molecule has 3 heteroatoms. The van der Waals surface area contributed by atoms with E-state index in [1.54, 1.807) is 0 Å². The van der Waals surface area contributed by atoms with Crippen molar-refractivity contribution in [3.63, 3.8) is 0 Å². The van der Waals surface area contributed by atoms with Crippen LogP contribution in [0.2, 0.25) is 0 Å². The first kappa shape index (κ1) is 11.0. The molecular weight excluding hydrogens is 200 g/mol. The van der Waals surface area contributed by atoms with Crippen LogP contribution in [0.5, 0.6) is 0 Å². The number of amides is 1. The van der Waals surface area contributed by atoms with E-state index in [0.717, 1.165) is 30.6 Å². The number of benzene rings is 1. The minimum atomic E-state index is -0.0460. The van der Waals surface area contributed by atoms with Crippen LogP contribution in [-0.2, 0) is 4.79 Å². The van der Waals surface area contributed by atoms with Gasteiger partial charge in [-0.25, -0.2) is 0 Å². The van der Waals surface area contributed by atoms with E-state index < -0.39 is 0 Å². The Kier molecular flexibility index (Phi) is 2.86. The number of nitrogen functional groups attached to an aromatic ring is 1. The molecular formula is C13H18N2O. The first-order valence-electron chi connectivity index (χ1n) is 5.86. The molecule has 0 saturated carbocycles. The molecule has 0 bridgehead atoms. The number of hydrogen-bond donors (Lipinski definition) is 1. The number of rotatable bonds is 3. The molecule has 16 heavy (non-hydrogen) atoms. The van der Waals surface area contributed by atoms with Crippen molar-refractivity contribution in [1.29, 1.82) is 0 Å². The van der Waals surface area contributed by atoms with Crippen LogP contribution in [-0.4, -0.2) is 12.5 Å². The Hall–Kier alpha value is -1.51. The van der Waals surface area contributed by atoms with Crippen LogP contribution in [0.15, 0.2) is 18.2 Å². The van der Waals surface area contributed by atoms with Gasteiger partial charge < -0.3 is 10.6 Å². The lowest BCUT2D eigenvalue weighted by molar-refractivity contribution is -0.119. The molecule has 0 aromatic heterocycles. The topological polar surface area (TPSA) is 46.3 Å².